The third-order valence-electron chi connectivity index (χ3n) is 4.83. The van der Waals surface area contributed by atoms with Crippen LogP contribution in [0.25, 0.3) is 10.2 Å². The Morgan fingerprint density at radius 2 is 1.83 bits per heavy atom. The number of nitrogens with one attached hydrogen (secondary N) is 2. The van der Waals surface area contributed by atoms with Gasteiger partial charge in [0, 0.05) is 12.1 Å². The first-order chi connectivity index (χ1) is 14.5. The van der Waals surface area contributed by atoms with Crippen LogP contribution in [-0.2, 0) is 9.59 Å². The summed E-state index contributed by atoms with van der Waals surface area (Å²) < 4.78 is 6.49. The summed E-state index contributed by atoms with van der Waals surface area (Å²) in [6, 6.07) is 13.3. The van der Waals surface area contributed by atoms with Crippen molar-refractivity contribution in [2.24, 2.45) is 0 Å². The highest BCUT2D eigenvalue weighted by Gasteiger charge is 2.10. The van der Waals surface area contributed by atoms with Crippen LogP contribution in [-0.4, -0.2) is 23.4 Å². The second-order valence-electron chi connectivity index (χ2n) is 7.21. The predicted octanol–water partition coefficient (Wildman–Crippen LogP) is 5.57. The molecule has 0 aliphatic heterocycles. The van der Waals surface area contributed by atoms with Crippen molar-refractivity contribution in [3.8, 4) is 5.75 Å². The second kappa shape index (κ2) is 10.2. The molecule has 0 fully saturated rings. The number of hydrogen-bond donors (Lipinski definition) is 2. The van der Waals surface area contributed by atoms with Crippen molar-refractivity contribution < 1.29 is 14.3 Å². The minimum atomic E-state index is -0.235. The van der Waals surface area contributed by atoms with E-state index >= 15 is 0 Å². The lowest BCUT2D eigenvalue weighted by atomic mass is 9.99. The van der Waals surface area contributed by atoms with Crippen molar-refractivity contribution in [2.75, 3.05) is 17.2 Å². The van der Waals surface area contributed by atoms with E-state index in [4.69, 9.17) is 4.74 Å². The van der Waals surface area contributed by atoms with Gasteiger partial charge < -0.3 is 15.4 Å². The lowest BCUT2D eigenvalue weighted by Crippen LogP contribution is -2.20. The predicted molar refractivity (Wildman–Crippen MR) is 122 cm³/mol. The maximum atomic E-state index is 12.3. The van der Waals surface area contributed by atoms with Crippen molar-refractivity contribution in [3.63, 3.8) is 0 Å². The number of nitrogens with zero attached hydrogens (tertiary/aromatic N) is 1. The highest BCUT2D eigenvalue weighted by Crippen LogP contribution is 2.28. The minimum absolute atomic E-state index is 0.0422. The summed E-state index contributed by atoms with van der Waals surface area (Å²) in [7, 11) is 0. The van der Waals surface area contributed by atoms with Gasteiger partial charge in [-0.2, -0.15) is 0 Å². The Morgan fingerprint density at radius 1 is 1.07 bits per heavy atom. The van der Waals surface area contributed by atoms with Gasteiger partial charge in [-0.05, 0) is 54.7 Å². The highest BCUT2D eigenvalue weighted by molar-refractivity contribution is 7.22. The SMILES string of the molecule is CCCC(=O)Nc1nc2ccc(NC(=O)COc3ccc(C(C)CC)cc3)cc2s1. The largest absolute Gasteiger partial charge is 0.484 e. The van der Waals surface area contributed by atoms with E-state index in [0.29, 0.717) is 28.9 Å². The van der Waals surface area contributed by atoms with Gasteiger partial charge in [0.25, 0.3) is 5.91 Å². The van der Waals surface area contributed by atoms with Crippen LogP contribution in [0.3, 0.4) is 0 Å². The number of carbonyl (C=O) groups excluding carboxylic acids is 2. The van der Waals surface area contributed by atoms with E-state index in [0.717, 1.165) is 23.1 Å². The Morgan fingerprint density at radius 3 is 2.53 bits per heavy atom. The van der Waals surface area contributed by atoms with Crippen LogP contribution >= 0.6 is 11.3 Å². The molecule has 1 atom stereocenters. The molecule has 0 aliphatic carbocycles. The smallest absolute Gasteiger partial charge is 0.262 e. The van der Waals surface area contributed by atoms with E-state index in [9.17, 15) is 9.59 Å². The molecule has 0 radical (unpaired) electrons. The van der Waals surface area contributed by atoms with E-state index in [-0.39, 0.29) is 18.4 Å². The Balaban J connectivity index is 1.56. The normalized spacial score (nSPS) is 11.8. The molecule has 1 heterocycles. The van der Waals surface area contributed by atoms with Gasteiger partial charge in [0.2, 0.25) is 5.91 Å². The van der Waals surface area contributed by atoms with Gasteiger partial charge >= 0.3 is 0 Å². The molecule has 3 rings (SSSR count). The Hall–Kier alpha value is -2.93. The molecule has 7 heteroatoms. The zero-order chi connectivity index (χ0) is 21.5. The Kier molecular flexibility index (Phi) is 7.41. The number of carbonyl (C=O) groups is 2. The number of fused-ring (bicyclic) bond motifs is 1. The Bertz CT molecular complexity index is 1010. The number of rotatable bonds is 9. The molecule has 2 N–H and O–H groups in total. The molecule has 0 aliphatic rings. The molecule has 6 nitrogen and oxygen atoms in total. The van der Waals surface area contributed by atoms with E-state index in [2.05, 4.69) is 29.5 Å². The van der Waals surface area contributed by atoms with Crippen LogP contribution < -0.4 is 15.4 Å². The molecule has 3 aromatic rings. The summed E-state index contributed by atoms with van der Waals surface area (Å²) in [6.07, 6.45) is 2.34. The third kappa shape index (κ3) is 5.79. The average Bonchev–Trinajstić information content (AvgIpc) is 3.13. The summed E-state index contributed by atoms with van der Waals surface area (Å²) in [4.78, 5) is 28.4. The molecule has 2 amide bonds. The van der Waals surface area contributed by atoms with Crippen LogP contribution in [0, 0.1) is 0 Å². The van der Waals surface area contributed by atoms with E-state index < -0.39 is 0 Å². The number of aromatic nitrogens is 1. The molecular formula is C23H27N3O3S. The summed E-state index contributed by atoms with van der Waals surface area (Å²) in [6.45, 7) is 6.23. The molecule has 0 bridgehead atoms. The molecule has 1 aromatic heterocycles. The number of hydrogen-bond acceptors (Lipinski definition) is 5. The number of benzene rings is 2. The van der Waals surface area contributed by atoms with Crippen LogP contribution in [0.15, 0.2) is 42.5 Å². The van der Waals surface area contributed by atoms with Gasteiger partial charge in [-0.3, -0.25) is 9.59 Å². The van der Waals surface area contributed by atoms with Crippen molar-refractivity contribution in [1.29, 1.82) is 0 Å². The molecule has 0 saturated carbocycles. The number of thiazole rings is 1. The van der Waals surface area contributed by atoms with E-state index in [1.54, 1.807) is 6.07 Å². The first kappa shape index (κ1) is 21.8. The second-order valence-corrected chi connectivity index (χ2v) is 8.25. The molecule has 1 unspecified atom stereocenters. The molecular weight excluding hydrogens is 398 g/mol. The van der Waals surface area contributed by atoms with Gasteiger partial charge in [0.1, 0.15) is 5.75 Å². The lowest BCUT2D eigenvalue weighted by Gasteiger charge is -2.11. The summed E-state index contributed by atoms with van der Waals surface area (Å²) in [5.74, 6) is 0.896. The molecule has 30 heavy (non-hydrogen) atoms. The zero-order valence-corrected chi connectivity index (χ0v) is 18.3. The molecule has 0 spiro atoms. The van der Waals surface area contributed by atoms with Gasteiger partial charge in [0.05, 0.1) is 10.2 Å². The topological polar surface area (TPSA) is 80.3 Å². The van der Waals surface area contributed by atoms with Crippen LogP contribution in [0.1, 0.15) is 51.5 Å². The third-order valence-corrected chi connectivity index (χ3v) is 5.76. The van der Waals surface area contributed by atoms with Gasteiger partial charge in [0.15, 0.2) is 11.7 Å². The summed E-state index contributed by atoms with van der Waals surface area (Å²) in [5, 5.41) is 6.21. The van der Waals surface area contributed by atoms with E-state index in [1.165, 1.54) is 16.9 Å². The first-order valence-electron chi connectivity index (χ1n) is 10.2. The first-order valence-corrected chi connectivity index (χ1v) is 11.0. The fourth-order valence-electron chi connectivity index (χ4n) is 2.94. The molecule has 0 saturated heterocycles. The maximum absolute atomic E-state index is 12.3. The van der Waals surface area contributed by atoms with E-state index in [1.807, 2.05) is 43.3 Å². The number of ether oxygens (including phenoxy) is 1. The van der Waals surface area contributed by atoms with Crippen LogP contribution in [0.5, 0.6) is 5.75 Å². The standard InChI is InChI=1S/C23H27N3O3S/c1-4-6-21(27)26-23-25-19-12-9-17(13-20(19)30-23)24-22(28)14-29-18-10-7-16(8-11-18)15(3)5-2/h7-13,15H,4-6,14H2,1-3H3,(H,24,28)(H,25,26,27). The quantitative estimate of drug-likeness (QED) is 0.470. The molecule has 2 aromatic carbocycles. The number of anilines is 2. The van der Waals surface area contributed by atoms with Gasteiger partial charge in [-0.15, -0.1) is 0 Å². The minimum Gasteiger partial charge on any atom is -0.484 e. The number of amides is 2. The maximum Gasteiger partial charge on any atom is 0.262 e. The Labute approximate surface area is 180 Å². The van der Waals surface area contributed by atoms with Crippen LogP contribution in [0.4, 0.5) is 10.8 Å². The average molecular weight is 426 g/mol. The molecule has 158 valence electrons. The van der Waals surface area contributed by atoms with Gasteiger partial charge in [-0.25, -0.2) is 4.98 Å². The van der Waals surface area contributed by atoms with Crippen molar-refractivity contribution >= 4 is 44.2 Å². The fraction of sp³-hybridized carbons (Fsp3) is 0.348. The van der Waals surface area contributed by atoms with Crippen LogP contribution in [0.2, 0.25) is 0 Å². The summed E-state index contributed by atoms with van der Waals surface area (Å²) in [5.41, 5.74) is 2.71. The van der Waals surface area contributed by atoms with Crippen molar-refractivity contribution in [2.45, 2.75) is 46.0 Å². The fourth-order valence-corrected chi connectivity index (χ4v) is 3.86. The lowest BCUT2D eigenvalue weighted by molar-refractivity contribution is -0.118. The zero-order valence-electron chi connectivity index (χ0n) is 17.5. The van der Waals surface area contributed by atoms with Crippen molar-refractivity contribution in [1.82, 2.24) is 4.98 Å². The summed E-state index contributed by atoms with van der Waals surface area (Å²) >= 11 is 1.38. The van der Waals surface area contributed by atoms with Crippen molar-refractivity contribution in [3.05, 3.63) is 48.0 Å². The van der Waals surface area contributed by atoms with Gasteiger partial charge in [-0.1, -0.05) is 44.2 Å². The highest BCUT2D eigenvalue weighted by atomic mass is 32.1. The monoisotopic (exact) mass is 425 g/mol.